The summed E-state index contributed by atoms with van der Waals surface area (Å²) in [6.07, 6.45) is 6.27. The summed E-state index contributed by atoms with van der Waals surface area (Å²) in [5, 5.41) is 15.1. The summed E-state index contributed by atoms with van der Waals surface area (Å²) in [5.74, 6) is 0.771. The van der Waals surface area contributed by atoms with Gasteiger partial charge >= 0.3 is 0 Å². The lowest BCUT2D eigenvalue weighted by Gasteiger charge is -2.28. The molecule has 2 aliphatic rings. The van der Waals surface area contributed by atoms with E-state index in [-0.39, 0.29) is 11.4 Å². The highest BCUT2D eigenvalue weighted by Gasteiger charge is 2.37. The van der Waals surface area contributed by atoms with Gasteiger partial charge in [-0.05, 0) is 67.8 Å². The van der Waals surface area contributed by atoms with Gasteiger partial charge < -0.3 is 15.5 Å². The fourth-order valence-corrected chi connectivity index (χ4v) is 5.23. The monoisotopic (exact) mass is 525 g/mol. The minimum absolute atomic E-state index is 0.105. The first-order valence-electron chi connectivity index (χ1n) is 13.6. The third kappa shape index (κ3) is 5.89. The van der Waals surface area contributed by atoms with Crippen LogP contribution >= 0.6 is 0 Å². The smallest absolute Gasteiger partial charge is 0.298 e. The van der Waals surface area contributed by atoms with Crippen molar-refractivity contribution in [2.45, 2.75) is 31.2 Å². The topological polar surface area (TPSA) is 88.0 Å². The molecule has 2 atom stereocenters. The maximum Gasteiger partial charge on any atom is 0.298 e. The van der Waals surface area contributed by atoms with Gasteiger partial charge in [0.2, 0.25) is 0 Å². The molecule has 1 saturated heterocycles. The van der Waals surface area contributed by atoms with Gasteiger partial charge in [0.1, 0.15) is 5.82 Å². The Morgan fingerprint density at radius 1 is 1.03 bits per heavy atom. The Balaban J connectivity index is 1.16. The van der Waals surface area contributed by atoms with Crippen molar-refractivity contribution in [3.05, 3.63) is 100 Å². The van der Waals surface area contributed by atoms with Gasteiger partial charge in [0.05, 0.1) is 11.4 Å². The number of hydrogen-bond donors (Lipinski definition) is 2. The quantitative estimate of drug-likeness (QED) is 0.324. The Hall–Kier alpha value is -3.95. The number of piperazine rings is 1. The first kappa shape index (κ1) is 25.3. The SMILES string of the molecule is O=c1c(N2CCNCC2)nc(CCCN[C@@H]2C[C@H]2c2ccc(F)cc2)cn1-c1ccc(-c2cccnn2)cc1. The number of benzene rings is 2. The molecule has 0 radical (unpaired) electrons. The maximum absolute atomic E-state index is 13.6. The van der Waals surface area contributed by atoms with Crippen LogP contribution in [0.15, 0.2) is 77.9 Å². The van der Waals surface area contributed by atoms with E-state index in [0.29, 0.717) is 17.8 Å². The number of nitrogens with zero attached hydrogens (tertiary/aromatic N) is 5. The van der Waals surface area contributed by atoms with Gasteiger partial charge in [-0.25, -0.2) is 9.37 Å². The summed E-state index contributed by atoms with van der Waals surface area (Å²) in [5.41, 5.74) is 4.51. The number of aryl methyl sites for hydroxylation is 1. The molecular formula is C30H32FN7O. The zero-order chi connectivity index (χ0) is 26.6. The van der Waals surface area contributed by atoms with Crippen molar-refractivity contribution in [2.75, 3.05) is 37.6 Å². The van der Waals surface area contributed by atoms with Crippen molar-refractivity contribution in [1.82, 2.24) is 30.4 Å². The average Bonchev–Trinajstić information content (AvgIpc) is 3.77. The second kappa shape index (κ2) is 11.4. The number of nitrogens with one attached hydrogen (secondary N) is 2. The molecule has 200 valence electrons. The van der Waals surface area contributed by atoms with Crippen molar-refractivity contribution in [2.24, 2.45) is 0 Å². The number of rotatable bonds is 9. The van der Waals surface area contributed by atoms with Crippen LogP contribution in [-0.2, 0) is 6.42 Å². The van der Waals surface area contributed by atoms with Crippen LogP contribution in [0.4, 0.5) is 10.2 Å². The zero-order valence-electron chi connectivity index (χ0n) is 21.8. The summed E-state index contributed by atoms with van der Waals surface area (Å²) >= 11 is 0. The number of halogens is 1. The Labute approximate surface area is 226 Å². The summed E-state index contributed by atoms with van der Waals surface area (Å²) < 4.78 is 14.9. The molecule has 3 heterocycles. The highest BCUT2D eigenvalue weighted by Crippen LogP contribution is 2.40. The maximum atomic E-state index is 13.6. The predicted octanol–water partition coefficient (Wildman–Crippen LogP) is 3.32. The normalized spacial score (nSPS) is 18.7. The lowest BCUT2D eigenvalue weighted by Crippen LogP contribution is -2.46. The van der Waals surface area contributed by atoms with E-state index in [1.165, 1.54) is 17.7 Å². The highest BCUT2D eigenvalue weighted by molar-refractivity contribution is 5.60. The third-order valence-electron chi connectivity index (χ3n) is 7.47. The van der Waals surface area contributed by atoms with Gasteiger partial charge in [0.15, 0.2) is 5.82 Å². The largest absolute Gasteiger partial charge is 0.349 e. The zero-order valence-corrected chi connectivity index (χ0v) is 21.8. The van der Waals surface area contributed by atoms with E-state index in [1.807, 2.05) is 54.7 Å². The summed E-state index contributed by atoms with van der Waals surface area (Å²) in [4.78, 5) is 20.5. The van der Waals surface area contributed by atoms with Crippen LogP contribution in [0.25, 0.3) is 16.9 Å². The molecule has 4 aromatic rings. The Morgan fingerprint density at radius 3 is 2.56 bits per heavy atom. The lowest BCUT2D eigenvalue weighted by molar-refractivity contribution is 0.579. The van der Waals surface area contributed by atoms with Crippen molar-refractivity contribution in [3.63, 3.8) is 0 Å². The van der Waals surface area contributed by atoms with Gasteiger partial charge in [0.25, 0.3) is 5.56 Å². The van der Waals surface area contributed by atoms with Crippen LogP contribution in [0, 0.1) is 5.82 Å². The molecule has 9 heteroatoms. The van der Waals surface area contributed by atoms with E-state index in [4.69, 9.17) is 4.98 Å². The van der Waals surface area contributed by atoms with E-state index in [0.717, 1.165) is 74.6 Å². The fraction of sp³-hybridized carbons (Fsp3) is 0.333. The van der Waals surface area contributed by atoms with E-state index in [1.54, 1.807) is 10.8 Å². The molecule has 0 spiro atoms. The Morgan fingerprint density at radius 2 is 1.82 bits per heavy atom. The molecular weight excluding hydrogens is 493 g/mol. The summed E-state index contributed by atoms with van der Waals surface area (Å²) in [7, 11) is 0. The van der Waals surface area contributed by atoms with E-state index in [2.05, 4.69) is 25.7 Å². The molecule has 2 aromatic heterocycles. The van der Waals surface area contributed by atoms with Crippen molar-refractivity contribution >= 4 is 5.82 Å². The van der Waals surface area contributed by atoms with Crippen LogP contribution in [0.3, 0.4) is 0 Å². The summed E-state index contributed by atoms with van der Waals surface area (Å²) in [6, 6.07) is 18.9. The molecule has 2 aromatic carbocycles. The van der Waals surface area contributed by atoms with Gasteiger partial charge in [-0.1, -0.05) is 24.3 Å². The van der Waals surface area contributed by atoms with E-state index >= 15 is 0 Å². The average molecular weight is 526 g/mol. The van der Waals surface area contributed by atoms with Crippen LogP contribution in [-0.4, -0.2) is 58.5 Å². The molecule has 6 rings (SSSR count). The van der Waals surface area contributed by atoms with Crippen LogP contribution in [0.2, 0.25) is 0 Å². The molecule has 1 saturated carbocycles. The molecule has 0 amide bonds. The van der Waals surface area contributed by atoms with Crippen molar-refractivity contribution < 1.29 is 4.39 Å². The van der Waals surface area contributed by atoms with Crippen LogP contribution in [0.5, 0.6) is 0 Å². The number of anilines is 1. The van der Waals surface area contributed by atoms with Gasteiger partial charge in [-0.3, -0.25) is 9.36 Å². The van der Waals surface area contributed by atoms with Crippen LogP contribution < -0.4 is 21.1 Å². The van der Waals surface area contributed by atoms with Gasteiger partial charge in [-0.2, -0.15) is 10.2 Å². The highest BCUT2D eigenvalue weighted by atomic mass is 19.1. The third-order valence-corrected chi connectivity index (χ3v) is 7.47. The standard InChI is InChI=1S/C30H32FN7O/c31-23-9-5-21(6-10-23)26-19-28(26)33-13-1-3-24-20-38(30(39)29(35-24)37-17-15-32-16-18-37)25-11-7-22(8-12-25)27-4-2-14-34-36-27/h2,4-12,14,20,26,28,32-33H,1,3,13,15-19H2/t26-,28+/m0/s1. The minimum Gasteiger partial charge on any atom is -0.349 e. The van der Waals surface area contributed by atoms with Crippen molar-refractivity contribution in [1.29, 1.82) is 0 Å². The Bertz CT molecular complexity index is 1450. The van der Waals surface area contributed by atoms with E-state index in [9.17, 15) is 9.18 Å². The molecule has 2 N–H and O–H groups in total. The Kier molecular flexibility index (Phi) is 7.42. The second-order valence-electron chi connectivity index (χ2n) is 10.2. The molecule has 39 heavy (non-hydrogen) atoms. The lowest BCUT2D eigenvalue weighted by atomic mass is 10.1. The number of hydrogen-bond acceptors (Lipinski definition) is 7. The summed E-state index contributed by atoms with van der Waals surface area (Å²) in [6.45, 7) is 4.03. The van der Waals surface area contributed by atoms with Crippen molar-refractivity contribution in [3.8, 4) is 16.9 Å². The predicted molar refractivity (Wildman–Crippen MR) is 150 cm³/mol. The number of aromatic nitrogens is 4. The second-order valence-corrected chi connectivity index (χ2v) is 10.2. The first-order chi connectivity index (χ1) is 19.2. The molecule has 8 nitrogen and oxygen atoms in total. The molecule has 1 aliphatic carbocycles. The fourth-order valence-electron chi connectivity index (χ4n) is 5.23. The van der Waals surface area contributed by atoms with Crippen LogP contribution in [0.1, 0.15) is 30.0 Å². The van der Waals surface area contributed by atoms with E-state index < -0.39 is 0 Å². The molecule has 0 unspecified atom stereocenters. The molecule has 1 aliphatic heterocycles. The first-order valence-corrected chi connectivity index (χ1v) is 13.6. The molecule has 0 bridgehead atoms. The van der Waals surface area contributed by atoms with Gasteiger partial charge in [-0.15, -0.1) is 0 Å². The molecule has 2 fully saturated rings. The van der Waals surface area contributed by atoms with Gasteiger partial charge in [0, 0.05) is 61.8 Å². The minimum atomic E-state index is -0.195.